The Morgan fingerprint density at radius 1 is 1.56 bits per heavy atom. The third-order valence-electron chi connectivity index (χ3n) is 1.70. The highest BCUT2D eigenvalue weighted by molar-refractivity contribution is 8.00. The molecular formula is C9H17N5S2. The molecule has 0 atom stereocenters. The largest absolute Gasteiger partial charge is 0.370 e. The van der Waals surface area contributed by atoms with Crippen LogP contribution in [0.1, 0.15) is 18.9 Å². The molecule has 0 saturated carbocycles. The van der Waals surface area contributed by atoms with Crippen molar-refractivity contribution in [1.82, 2.24) is 15.5 Å². The first-order chi connectivity index (χ1) is 7.61. The average Bonchev–Trinajstić information content (AvgIpc) is 2.71. The van der Waals surface area contributed by atoms with Crippen LogP contribution in [0.25, 0.3) is 0 Å². The fraction of sp³-hybridized carbons (Fsp3) is 0.667. The minimum Gasteiger partial charge on any atom is -0.370 e. The molecule has 16 heavy (non-hydrogen) atoms. The zero-order valence-electron chi connectivity index (χ0n) is 9.73. The Labute approximate surface area is 104 Å². The van der Waals surface area contributed by atoms with E-state index in [1.807, 2.05) is 6.26 Å². The van der Waals surface area contributed by atoms with Gasteiger partial charge in [0.05, 0.1) is 6.54 Å². The number of nitrogens with one attached hydrogen (secondary N) is 1. The summed E-state index contributed by atoms with van der Waals surface area (Å²) in [5.41, 5.74) is 5.70. The van der Waals surface area contributed by atoms with Gasteiger partial charge in [-0.25, -0.2) is 4.99 Å². The van der Waals surface area contributed by atoms with Crippen molar-refractivity contribution in [2.45, 2.75) is 24.7 Å². The highest BCUT2D eigenvalue weighted by Crippen LogP contribution is 2.19. The molecule has 0 aliphatic rings. The van der Waals surface area contributed by atoms with Crippen LogP contribution in [0.4, 0.5) is 0 Å². The summed E-state index contributed by atoms with van der Waals surface area (Å²) in [7, 11) is 0. The van der Waals surface area contributed by atoms with Crippen LogP contribution in [0.3, 0.4) is 0 Å². The molecule has 0 aliphatic carbocycles. The van der Waals surface area contributed by atoms with E-state index in [0.29, 0.717) is 18.4 Å². The minimum absolute atomic E-state index is 0.467. The second-order valence-electron chi connectivity index (χ2n) is 3.64. The Balaban J connectivity index is 2.39. The van der Waals surface area contributed by atoms with Crippen LogP contribution in [0.2, 0.25) is 0 Å². The molecule has 5 nitrogen and oxygen atoms in total. The second-order valence-corrected chi connectivity index (χ2v) is 5.76. The van der Waals surface area contributed by atoms with E-state index < -0.39 is 0 Å². The zero-order chi connectivity index (χ0) is 12.0. The van der Waals surface area contributed by atoms with E-state index in [4.69, 9.17) is 5.73 Å². The first-order valence-corrected chi connectivity index (χ1v) is 7.06. The monoisotopic (exact) mass is 259 g/mol. The quantitative estimate of drug-likeness (QED) is 0.474. The SMILES string of the molecule is CSc1nnc(CN=C(N)NCC(C)C)s1. The van der Waals surface area contributed by atoms with Crippen LogP contribution < -0.4 is 11.1 Å². The lowest BCUT2D eigenvalue weighted by Crippen LogP contribution is -2.34. The third-order valence-corrected chi connectivity index (χ3v) is 3.58. The summed E-state index contributed by atoms with van der Waals surface area (Å²) in [6, 6.07) is 0. The molecule has 1 rings (SSSR count). The van der Waals surface area contributed by atoms with Crippen LogP contribution in [0, 0.1) is 5.92 Å². The van der Waals surface area contributed by atoms with Crippen LogP contribution in [0.15, 0.2) is 9.33 Å². The molecule has 1 aromatic rings. The number of guanidine groups is 1. The topological polar surface area (TPSA) is 76.2 Å². The van der Waals surface area contributed by atoms with Gasteiger partial charge in [0.15, 0.2) is 10.3 Å². The molecule has 0 aromatic carbocycles. The van der Waals surface area contributed by atoms with Crippen LogP contribution in [-0.2, 0) is 6.54 Å². The van der Waals surface area contributed by atoms with Gasteiger partial charge >= 0.3 is 0 Å². The summed E-state index contributed by atoms with van der Waals surface area (Å²) in [4.78, 5) is 4.20. The Kier molecular flexibility index (Phi) is 5.54. The lowest BCUT2D eigenvalue weighted by molar-refractivity contribution is 0.621. The van der Waals surface area contributed by atoms with Gasteiger partial charge < -0.3 is 11.1 Å². The molecule has 3 N–H and O–H groups in total. The van der Waals surface area contributed by atoms with Gasteiger partial charge in [0.2, 0.25) is 0 Å². The molecule has 0 unspecified atom stereocenters. The van der Waals surface area contributed by atoms with E-state index in [9.17, 15) is 0 Å². The highest BCUT2D eigenvalue weighted by atomic mass is 32.2. The molecule has 0 saturated heterocycles. The predicted molar refractivity (Wildman–Crippen MR) is 69.9 cm³/mol. The first-order valence-electron chi connectivity index (χ1n) is 5.02. The van der Waals surface area contributed by atoms with Crippen molar-refractivity contribution in [2.24, 2.45) is 16.6 Å². The van der Waals surface area contributed by atoms with E-state index in [0.717, 1.165) is 15.9 Å². The Hall–Kier alpha value is -0.820. The van der Waals surface area contributed by atoms with Crippen molar-refractivity contribution >= 4 is 29.1 Å². The van der Waals surface area contributed by atoms with Crippen LogP contribution in [-0.4, -0.2) is 29.0 Å². The van der Waals surface area contributed by atoms with Crippen LogP contribution >= 0.6 is 23.1 Å². The maximum Gasteiger partial charge on any atom is 0.189 e. The molecule has 1 aromatic heterocycles. The summed E-state index contributed by atoms with van der Waals surface area (Å²) >= 11 is 3.14. The van der Waals surface area contributed by atoms with Gasteiger partial charge in [-0.3, -0.25) is 0 Å². The minimum atomic E-state index is 0.467. The summed E-state index contributed by atoms with van der Waals surface area (Å²) < 4.78 is 0.957. The van der Waals surface area contributed by atoms with Gasteiger partial charge in [0.1, 0.15) is 5.01 Å². The van der Waals surface area contributed by atoms with Crippen molar-refractivity contribution in [1.29, 1.82) is 0 Å². The number of aromatic nitrogens is 2. The summed E-state index contributed by atoms with van der Waals surface area (Å²) in [6.07, 6.45) is 1.98. The number of hydrogen-bond donors (Lipinski definition) is 2. The number of nitrogens with zero attached hydrogens (tertiary/aromatic N) is 3. The fourth-order valence-electron chi connectivity index (χ4n) is 0.902. The van der Waals surface area contributed by atoms with Crippen molar-refractivity contribution < 1.29 is 0 Å². The molecule has 0 amide bonds. The lowest BCUT2D eigenvalue weighted by Gasteiger charge is -2.06. The van der Waals surface area contributed by atoms with E-state index >= 15 is 0 Å². The molecule has 0 radical (unpaired) electrons. The molecule has 7 heteroatoms. The fourth-order valence-corrected chi connectivity index (χ4v) is 2.14. The maximum absolute atomic E-state index is 5.70. The highest BCUT2D eigenvalue weighted by Gasteiger charge is 2.02. The van der Waals surface area contributed by atoms with E-state index in [-0.39, 0.29) is 0 Å². The maximum atomic E-state index is 5.70. The van der Waals surface area contributed by atoms with Crippen molar-refractivity contribution in [3.05, 3.63) is 5.01 Å². The smallest absolute Gasteiger partial charge is 0.189 e. The van der Waals surface area contributed by atoms with Gasteiger partial charge in [0, 0.05) is 6.54 Å². The number of hydrogen-bond acceptors (Lipinski definition) is 5. The molecule has 1 heterocycles. The van der Waals surface area contributed by atoms with Gasteiger partial charge in [-0.1, -0.05) is 36.9 Å². The van der Waals surface area contributed by atoms with Gasteiger partial charge in [-0.15, -0.1) is 10.2 Å². The number of thioether (sulfide) groups is 1. The Morgan fingerprint density at radius 2 is 2.31 bits per heavy atom. The summed E-state index contributed by atoms with van der Waals surface area (Å²) in [5, 5.41) is 11.9. The summed E-state index contributed by atoms with van der Waals surface area (Å²) in [6.45, 7) is 5.57. The molecule has 0 spiro atoms. The van der Waals surface area contributed by atoms with Gasteiger partial charge in [-0.2, -0.15) is 0 Å². The lowest BCUT2D eigenvalue weighted by atomic mass is 10.2. The number of aliphatic imine (C=N–C) groups is 1. The van der Waals surface area contributed by atoms with Gasteiger partial charge in [0.25, 0.3) is 0 Å². The zero-order valence-corrected chi connectivity index (χ0v) is 11.4. The van der Waals surface area contributed by atoms with Crippen LogP contribution in [0.5, 0.6) is 0 Å². The third kappa shape index (κ3) is 4.80. The summed E-state index contributed by atoms with van der Waals surface area (Å²) in [5.74, 6) is 1.02. The average molecular weight is 259 g/mol. The Morgan fingerprint density at radius 3 is 2.88 bits per heavy atom. The second kappa shape index (κ2) is 6.70. The van der Waals surface area contributed by atoms with E-state index in [1.165, 1.54) is 0 Å². The van der Waals surface area contributed by atoms with E-state index in [2.05, 4.69) is 34.4 Å². The predicted octanol–water partition coefficient (Wildman–Crippen LogP) is 1.32. The normalized spacial score (nSPS) is 12.1. The molecule has 90 valence electrons. The van der Waals surface area contributed by atoms with E-state index in [1.54, 1.807) is 23.1 Å². The van der Waals surface area contributed by atoms with Crippen molar-refractivity contribution in [2.75, 3.05) is 12.8 Å². The first kappa shape index (κ1) is 13.2. The van der Waals surface area contributed by atoms with Crippen molar-refractivity contribution in [3.8, 4) is 0 Å². The van der Waals surface area contributed by atoms with Gasteiger partial charge in [-0.05, 0) is 12.2 Å². The standard InChI is InChI=1S/C9H17N5S2/c1-6(2)4-11-8(10)12-5-7-13-14-9(15-3)16-7/h6H,4-5H2,1-3H3,(H3,10,11,12). The van der Waals surface area contributed by atoms with Crippen molar-refractivity contribution in [3.63, 3.8) is 0 Å². The molecular weight excluding hydrogens is 242 g/mol. The number of nitrogens with two attached hydrogens (primary N) is 1. The Bertz CT molecular complexity index is 347. The molecule has 0 aliphatic heterocycles. The molecule has 0 fully saturated rings. The molecule has 0 bridgehead atoms. The number of rotatable bonds is 5.